The van der Waals surface area contributed by atoms with Crippen LogP contribution in [0.2, 0.25) is 0 Å². The Bertz CT molecular complexity index is 612. The number of aliphatic hydroxyl groups excluding tert-OH is 1. The second-order valence-electron chi connectivity index (χ2n) is 5.58. The Balaban J connectivity index is 0.000000289. The summed E-state index contributed by atoms with van der Waals surface area (Å²) in [6.07, 6.45) is 6.65. The van der Waals surface area contributed by atoms with Gasteiger partial charge in [0.25, 0.3) is 0 Å². The van der Waals surface area contributed by atoms with Crippen LogP contribution < -0.4 is 10.5 Å². The second kappa shape index (κ2) is 12.7. The third kappa shape index (κ3) is 9.05. The predicted octanol–water partition coefficient (Wildman–Crippen LogP) is 3.67. The van der Waals surface area contributed by atoms with Gasteiger partial charge in [0.05, 0.1) is 13.4 Å². The van der Waals surface area contributed by atoms with Crippen molar-refractivity contribution in [2.75, 3.05) is 7.11 Å². The summed E-state index contributed by atoms with van der Waals surface area (Å²) in [5.41, 5.74) is 6.53. The fraction of sp³-hybridized carbons (Fsp3) is 0.350. The first kappa shape index (κ1) is 21.5. The van der Waals surface area contributed by atoms with Crippen LogP contribution >= 0.6 is 0 Å². The van der Waals surface area contributed by atoms with E-state index >= 15 is 0 Å². The molecular formula is C20H27NO5. The van der Waals surface area contributed by atoms with E-state index in [0.717, 1.165) is 17.7 Å². The molecule has 4 N–H and O–H groups in total. The average Bonchev–Trinajstić information content (AvgIpc) is 3.19. The number of furan rings is 1. The lowest BCUT2D eigenvalue weighted by molar-refractivity contribution is -0.137. The molecule has 0 fully saturated rings. The quantitative estimate of drug-likeness (QED) is 0.465. The van der Waals surface area contributed by atoms with Crippen LogP contribution in [0.1, 0.15) is 43.1 Å². The molecule has 0 aliphatic rings. The molecular weight excluding hydrogens is 334 g/mol. The second-order valence-corrected chi connectivity index (χ2v) is 5.58. The summed E-state index contributed by atoms with van der Waals surface area (Å²) in [7, 11) is 1.65. The van der Waals surface area contributed by atoms with Crippen molar-refractivity contribution in [1.82, 2.24) is 0 Å². The van der Waals surface area contributed by atoms with E-state index in [1.165, 1.54) is 6.26 Å². The topological polar surface area (TPSA) is 106 Å². The maximum atomic E-state index is 10.2. The molecule has 6 heteroatoms. The summed E-state index contributed by atoms with van der Waals surface area (Å²) in [6, 6.07) is 11.2. The molecule has 0 aliphatic carbocycles. The van der Waals surface area contributed by atoms with Crippen LogP contribution in [0.15, 0.2) is 59.2 Å². The number of aliphatic hydroxyl groups is 1. The molecule has 1 heterocycles. The molecule has 1 aromatic carbocycles. The minimum atomic E-state index is -0.774. The molecule has 0 aliphatic heterocycles. The molecule has 6 nitrogen and oxygen atoms in total. The number of rotatable bonds is 9. The highest BCUT2D eigenvalue weighted by atomic mass is 16.5. The summed E-state index contributed by atoms with van der Waals surface area (Å²) in [5.74, 6) is 0.649. The molecule has 0 spiro atoms. The standard InChI is InChI=1S/C12H16O4.C8H11NO/c13-10(11-7-5-9-16-11)6-3-1-2-4-8-12(14)15;1-10-8-4-2-7(6-9)3-5-8/h1,3,5,7,9-10,13H,2,4,6,8H2,(H,14,15);2-5H,6,9H2,1H3/b3-1-;. The summed E-state index contributed by atoms with van der Waals surface area (Å²) >= 11 is 0. The van der Waals surface area contributed by atoms with Gasteiger partial charge in [0, 0.05) is 13.0 Å². The minimum Gasteiger partial charge on any atom is -0.497 e. The Hall–Kier alpha value is -2.57. The number of hydrogen-bond acceptors (Lipinski definition) is 5. The van der Waals surface area contributed by atoms with Gasteiger partial charge in [-0.3, -0.25) is 4.79 Å². The van der Waals surface area contributed by atoms with Crippen LogP contribution in [0.5, 0.6) is 5.75 Å². The zero-order valence-corrected chi connectivity index (χ0v) is 15.0. The number of aliphatic carboxylic acids is 1. The third-order valence-corrected chi connectivity index (χ3v) is 3.55. The van der Waals surface area contributed by atoms with Gasteiger partial charge in [0.1, 0.15) is 17.6 Å². The number of allylic oxidation sites excluding steroid dienone is 1. The maximum absolute atomic E-state index is 10.2. The van der Waals surface area contributed by atoms with Crippen LogP contribution in [-0.4, -0.2) is 23.3 Å². The van der Waals surface area contributed by atoms with Crippen LogP contribution in [-0.2, 0) is 11.3 Å². The van der Waals surface area contributed by atoms with Crippen LogP contribution in [0, 0.1) is 0 Å². The molecule has 26 heavy (non-hydrogen) atoms. The van der Waals surface area contributed by atoms with E-state index < -0.39 is 12.1 Å². The Labute approximate surface area is 153 Å². The molecule has 2 rings (SSSR count). The first-order chi connectivity index (χ1) is 12.6. The van der Waals surface area contributed by atoms with Crippen LogP contribution in [0.25, 0.3) is 0 Å². The zero-order valence-electron chi connectivity index (χ0n) is 15.0. The zero-order chi connectivity index (χ0) is 19.2. The number of carboxylic acids is 1. The highest BCUT2D eigenvalue weighted by Crippen LogP contribution is 2.17. The summed E-state index contributed by atoms with van der Waals surface area (Å²) in [4.78, 5) is 10.2. The lowest BCUT2D eigenvalue weighted by Gasteiger charge is -2.02. The molecule has 2 aromatic rings. The average molecular weight is 361 g/mol. The van der Waals surface area contributed by atoms with Crippen molar-refractivity contribution in [2.45, 2.75) is 38.3 Å². The van der Waals surface area contributed by atoms with E-state index in [2.05, 4.69) is 0 Å². The Kier molecular flexibility index (Phi) is 10.5. The molecule has 1 unspecified atom stereocenters. The van der Waals surface area contributed by atoms with Gasteiger partial charge in [0.15, 0.2) is 0 Å². The first-order valence-electron chi connectivity index (χ1n) is 8.48. The highest BCUT2D eigenvalue weighted by Gasteiger charge is 2.07. The van der Waals surface area contributed by atoms with Crippen LogP contribution in [0.4, 0.5) is 0 Å². The molecule has 0 saturated heterocycles. The molecule has 0 saturated carbocycles. The number of hydrogen-bond donors (Lipinski definition) is 3. The van der Waals surface area contributed by atoms with Crippen molar-refractivity contribution in [3.63, 3.8) is 0 Å². The van der Waals surface area contributed by atoms with Gasteiger partial charge in [-0.05, 0) is 49.1 Å². The summed E-state index contributed by atoms with van der Waals surface area (Å²) in [5, 5.41) is 18.0. The first-order valence-corrected chi connectivity index (χ1v) is 8.48. The van der Waals surface area contributed by atoms with Gasteiger partial charge >= 0.3 is 5.97 Å². The Morgan fingerprint density at radius 3 is 2.54 bits per heavy atom. The number of methoxy groups -OCH3 is 1. The normalized spacial score (nSPS) is 11.7. The highest BCUT2D eigenvalue weighted by molar-refractivity contribution is 5.66. The monoisotopic (exact) mass is 361 g/mol. The fourth-order valence-corrected chi connectivity index (χ4v) is 2.07. The van der Waals surface area contributed by atoms with E-state index in [4.69, 9.17) is 20.0 Å². The Morgan fingerprint density at radius 1 is 1.27 bits per heavy atom. The van der Waals surface area contributed by atoms with Gasteiger partial charge in [0.2, 0.25) is 0 Å². The van der Waals surface area contributed by atoms with Crippen molar-refractivity contribution >= 4 is 5.97 Å². The molecule has 1 aromatic heterocycles. The van der Waals surface area contributed by atoms with Crippen molar-refractivity contribution in [2.24, 2.45) is 5.73 Å². The van der Waals surface area contributed by atoms with Gasteiger partial charge in [-0.2, -0.15) is 0 Å². The molecule has 0 amide bonds. The molecule has 1 atom stereocenters. The van der Waals surface area contributed by atoms with Gasteiger partial charge in [-0.1, -0.05) is 24.3 Å². The van der Waals surface area contributed by atoms with Crippen LogP contribution in [0.3, 0.4) is 0 Å². The van der Waals surface area contributed by atoms with E-state index in [-0.39, 0.29) is 6.42 Å². The summed E-state index contributed by atoms with van der Waals surface area (Å²) < 4.78 is 10.0. The van der Waals surface area contributed by atoms with Gasteiger partial charge in [-0.25, -0.2) is 0 Å². The van der Waals surface area contributed by atoms with Crippen molar-refractivity contribution in [3.8, 4) is 5.75 Å². The van der Waals surface area contributed by atoms with Crippen molar-refractivity contribution in [3.05, 3.63) is 66.1 Å². The lowest BCUT2D eigenvalue weighted by Crippen LogP contribution is -1.95. The van der Waals surface area contributed by atoms with Gasteiger partial charge in [-0.15, -0.1) is 0 Å². The van der Waals surface area contributed by atoms with E-state index in [0.29, 0.717) is 25.1 Å². The third-order valence-electron chi connectivity index (χ3n) is 3.55. The largest absolute Gasteiger partial charge is 0.497 e. The SMILES string of the molecule is COc1ccc(CN)cc1.O=C(O)CCC/C=C\CC(O)c1ccco1. The maximum Gasteiger partial charge on any atom is 0.303 e. The van der Waals surface area contributed by atoms with E-state index in [1.54, 1.807) is 19.2 Å². The number of carboxylic acid groups (broad SMARTS) is 1. The summed E-state index contributed by atoms with van der Waals surface area (Å²) in [6.45, 7) is 0.587. The van der Waals surface area contributed by atoms with Crippen molar-refractivity contribution in [1.29, 1.82) is 0 Å². The van der Waals surface area contributed by atoms with E-state index in [9.17, 15) is 9.90 Å². The Morgan fingerprint density at radius 2 is 2.00 bits per heavy atom. The lowest BCUT2D eigenvalue weighted by atomic mass is 10.1. The fourth-order valence-electron chi connectivity index (χ4n) is 2.07. The van der Waals surface area contributed by atoms with Gasteiger partial charge < -0.3 is 25.1 Å². The van der Waals surface area contributed by atoms with E-state index in [1.807, 2.05) is 36.4 Å². The number of nitrogens with two attached hydrogens (primary N) is 1. The van der Waals surface area contributed by atoms with Crippen molar-refractivity contribution < 1.29 is 24.2 Å². The minimum absolute atomic E-state index is 0.186. The predicted molar refractivity (Wildman–Crippen MR) is 99.8 cm³/mol. The number of carbonyl (C=O) groups is 1. The molecule has 0 radical (unpaired) electrons. The number of ether oxygens (including phenoxy) is 1. The smallest absolute Gasteiger partial charge is 0.303 e. The molecule has 0 bridgehead atoms. The molecule has 142 valence electrons. The number of unbranched alkanes of at least 4 members (excludes halogenated alkanes) is 1. The number of benzene rings is 1.